The van der Waals surface area contributed by atoms with Crippen LogP contribution in [0.25, 0.3) is 11.4 Å². The second-order valence-corrected chi connectivity index (χ2v) is 6.98. The van der Waals surface area contributed by atoms with Crippen molar-refractivity contribution in [1.82, 2.24) is 9.78 Å². The average Bonchev–Trinajstić information content (AvgIpc) is 3.25. The lowest BCUT2D eigenvalue weighted by Crippen LogP contribution is -2.34. The number of methoxy groups -OCH3 is 1. The molecule has 26 heavy (non-hydrogen) atoms. The summed E-state index contributed by atoms with van der Waals surface area (Å²) < 4.78 is 7.21. The van der Waals surface area contributed by atoms with Crippen molar-refractivity contribution in [1.29, 1.82) is 0 Å². The van der Waals surface area contributed by atoms with Crippen LogP contribution < -0.4 is 15.4 Å². The van der Waals surface area contributed by atoms with E-state index in [4.69, 9.17) is 10.5 Å². The molecule has 0 amide bonds. The van der Waals surface area contributed by atoms with Crippen LogP contribution in [-0.4, -0.2) is 22.4 Å². The Morgan fingerprint density at radius 3 is 2.46 bits per heavy atom. The maximum absolute atomic E-state index is 6.36. The molecule has 1 unspecified atom stereocenters. The van der Waals surface area contributed by atoms with Crippen molar-refractivity contribution in [3.05, 3.63) is 77.5 Å². The fraction of sp³-hybridized carbons (Fsp3) is 0.150. The van der Waals surface area contributed by atoms with Crippen molar-refractivity contribution in [2.75, 3.05) is 12.0 Å². The summed E-state index contributed by atoms with van der Waals surface area (Å²) in [6.07, 6.45) is 1.91. The molecule has 6 heteroatoms. The van der Waals surface area contributed by atoms with Crippen molar-refractivity contribution in [2.45, 2.75) is 12.4 Å². The second kappa shape index (κ2) is 6.90. The van der Waals surface area contributed by atoms with E-state index in [1.165, 1.54) is 0 Å². The average molecular weight is 364 g/mol. The molecule has 0 spiro atoms. The third kappa shape index (κ3) is 2.87. The van der Waals surface area contributed by atoms with E-state index in [1.54, 1.807) is 18.9 Å². The van der Waals surface area contributed by atoms with Gasteiger partial charge in [-0.15, -0.1) is 0 Å². The summed E-state index contributed by atoms with van der Waals surface area (Å²) in [4.78, 5) is 2.13. The fourth-order valence-electron chi connectivity index (χ4n) is 3.10. The Hall–Kier alpha value is -2.70. The van der Waals surface area contributed by atoms with E-state index in [0.29, 0.717) is 0 Å². The molecule has 2 aromatic carbocycles. The van der Waals surface area contributed by atoms with Gasteiger partial charge in [0, 0.05) is 11.3 Å². The molecule has 0 aliphatic carbocycles. The normalized spacial score (nSPS) is 16.7. The van der Waals surface area contributed by atoms with Gasteiger partial charge in [-0.2, -0.15) is 5.10 Å². The fourth-order valence-corrected chi connectivity index (χ4v) is 3.97. The number of aromatic nitrogens is 2. The Balaban J connectivity index is 1.71. The Labute approximate surface area is 157 Å². The number of nitrogens with zero attached hydrogens (tertiary/aromatic N) is 3. The molecule has 0 radical (unpaired) electrons. The van der Waals surface area contributed by atoms with Gasteiger partial charge in [-0.1, -0.05) is 30.0 Å². The molecule has 0 saturated carbocycles. The predicted octanol–water partition coefficient (Wildman–Crippen LogP) is 3.98. The van der Waals surface area contributed by atoms with E-state index in [1.807, 2.05) is 53.3 Å². The summed E-state index contributed by atoms with van der Waals surface area (Å²) in [6.45, 7) is 2.08. The van der Waals surface area contributed by atoms with Gasteiger partial charge in [0.1, 0.15) is 11.2 Å². The molecule has 1 aliphatic rings. The maximum atomic E-state index is 6.36. The van der Waals surface area contributed by atoms with Crippen LogP contribution >= 0.6 is 11.8 Å². The van der Waals surface area contributed by atoms with Gasteiger partial charge in [-0.05, 0) is 48.7 Å². The van der Waals surface area contributed by atoms with Crippen LogP contribution in [0.1, 0.15) is 11.3 Å². The Morgan fingerprint density at radius 1 is 1.04 bits per heavy atom. The van der Waals surface area contributed by atoms with E-state index in [0.717, 1.165) is 34.1 Å². The Kier molecular flexibility index (Phi) is 4.44. The molecule has 0 saturated heterocycles. The molecule has 0 fully saturated rings. The maximum Gasteiger partial charge on any atom is 0.134 e. The highest BCUT2D eigenvalue weighted by molar-refractivity contribution is 8.03. The number of nitrogens with two attached hydrogens (primary N) is 1. The van der Waals surface area contributed by atoms with Crippen LogP contribution in [0.4, 0.5) is 5.69 Å². The minimum Gasteiger partial charge on any atom is -0.497 e. The van der Waals surface area contributed by atoms with Crippen molar-refractivity contribution in [3.8, 4) is 11.4 Å². The quantitative estimate of drug-likeness (QED) is 0.759. The monoisotopic (exact) mass is 364 g/mol. The zero-order valence-electron chi connectivity index (χ0n) is 14.7. The van der Waals surface area contributed by atoms with Gasteiger partial charge in [0.15, 0.2) is 0 Å². The molecule has 2 heterocycles. The largest absolute Gasteiger partial charge is 0.497 e. The third-order valence-electron chi connectivity index (χ3n) is 4.47. The van der Waals surface area contributed by atoms with E-state index < -0.39 is 0 Å². The minimum absolute atomic E-state index is 0.169. The van der Waals surface area contributed by atoms with E-state index in [9.17, 15) is 0 Å². The van der Waals surface area contributed by atoms with Crippen molar-refractivity contribution < 1.29 is 4.74 Å². The van der Waals surface area contributed by atoms with Gasteiger partial charge in [0.05, 0.1) is 30.4 Å². The Morgan fingerprint density at radius 2 is 1.77 bits per heavy atom. The number of para-hydroxylation sites is 1. The molecular formula is C20H20N4OS. The third-order valence-corrected chi connectivity index (χ3v) is 5.32. The number of rotatable bonds is 4. The molecule has 132 valence electrons. The van der Waals surface area contributed by atoms with Crippen LogP contribution in [0.2, 0.25) is 0 Å². The summed E-state index contributed by atoms with van der Waals surface area (Å²) in [5.74, 6) is 0.827. The Bertz CT molecular complexity index is 934. The van der Waals surface area contributed by atoms with Gasteiger partial charge in [0.2, 0.25) is 0 Å². The zero-order chi connectivity index (χ0) is 18.1. The van der Waals surface area contributed by atoms with E-state index in [-0.39, 0.29) is 5.50 Å². The van der Waals surface area contributed by atoms with Crippen LogP contribution in [-0.2, 0) is 0 Å². The highest BCUT2D eigenvalue weighted by Gasteiger charge is 2.28. The standard InChI is InChI=1S/C20H20N4OS/c1-14-18(12-22-24(14)16-6-4-3-5-7-16)19-13-26-20(21)23(19)15-8-10-17(25-2)11-9-15/h3-13,20H,21H2,1-2H3. The summed E-state index contributed by atoms with van der Waals surface area (Å²) in [5, 5.41) is 6.70. The van der Waals surface area contributed by atoms with Gasteiger partial charge >= 0.3 is 0 Å². The van der Waals surface area contributed by atoms with Crippen molar-refractivity contribution in [3.63, 3.8) is 0 Å². The van der Waals surface area contributed by atoms with Crippen molar-refractivity contribution in [2.24, 2.45) is 5.73 Å². The number of hydrogen-bond acceptors (Lipinski definition) is 5. The highest BCUT2D eigenvalue weighted by atomic mass is 32.2. The molecule has 2 N–H and O–H groups in total. The number of hydrogen-bond donors (Lipinski definition) is 1. The molecule has 1 atom stereocenters. The zero-order valence-corrected chi connectivity index (χ0v) is 15.5. The van der Waals surface area contributed by atoms with Gasteiger partial charge in [-0.25, -0.2) is 4.68 Å². The summed E-state index contributed by atoms with van der Waals surface area (Å²) in [5.41, 5.74) is 11.5. The first-order chi connectivity index (χ1) is 12.7. The second-order valence-electron chi connectivity index (χ2n) is 5.99. The van der Waals surface area contributed by atoms with Crippen LogP contribution in [0, 0.1) is 6.92 Å². The minimum atomic E-state index is -0.169. The molecule has 4 rings (SSSR count). The van der Waals surface area contributed by atoms with Gasteiger partial charge < -0.3 is 15.4 Å². The summed E-state index contributed by atoms with van der Waals surface area (Å²) in [7, 11) is 1.67. The molecular weight excluding hydrogens is 344 g/mol. The number of thioether (sulfide) groups is 1. The first-order valence-corrected chi connectivity index (χ1v) is 9.28. The first-order valence-electron chi connectivity index (χ1n) is 8.34. The number of anilines is 1. The number of benzene rings is 2. The molecule has 1 aromatic heterocycles. The van der Waals surface area contributed by atoms with Gasteiger partial charge in [0.25, 0.3) is 0 Å². The smallest absolute Gasteiger partial charge is 0.134 e. The van der Waals surface area contributed by atoms with Crippen LogP contribution in [0.3, 0.4) is 0 Å². The highest BCUT2D eigenvalue weighted by Crippen LogP contribution is 2.39. The van der Waals surface area contributed by atoms with E-state index >= 15 is 0 Å². The van der Waals surface area contributed by atoms with Crippen LogP contribution in [0.15, 0.2) is 66.2 Å². The lowest BCUT2D eigenvalue weighted by molar-refractivity contribution is 0.415. The molecule has 0 bridgehead atoms. The van der Waals surface area contributed by atoms with Gasteiger partial charge in [-0.3, -0.25) is 0 Å². The predicted molar refractivity (Wildman–Crippen MR) is 107 cm³/mol. The molecule has 1 aliphatic heterocycles. The lowest BCUT2D eigenvalue weighted by atomic mass is 10.1. The van der Waals surface area contributed by atoms with Crippen molar-refractivity contribution >= 4 is 23.1 Å². The topological polar surface area (TPSA) is 56.3 Å². The first kappa shape index (κ1) is 16.8. The summed E-state index contributed by atoms with van der Waals surface area (Å²) in [6, 6.07) is 18.1. The number of ether oxygens (including phenoxy) is 1. The van der Waals surface area contributed by atoms with Crippen LogP contribution in [0.5, 0.6) is 5.75 Å². The molecule has 5 nitrogen and oxygen atoms in total. The SMILES string of the molecule is COc1ccc(N2C(c3cnn(-c4ccccc4)c3C)=CSC2N)cc1. The lowest BCUT2D eigenvalue weighted by Gasteiger charge is -2.26. The summed E-state index contributed by atoms with van der Waals surface area (Å²) >= 11 is 1.60. The van der Waals surface area contributed by atoms with E-state index in [2.05, 4.69) is 34.5 Å². The molecule has 3 aromatic rings.